The summed E-state index contributed by atoms with van der Waals surface area (Å²) in [6.07, 6.45) is 0. The summed E-state index contributed by atoms with van der Waals surface area (Å²) in [5, 5.41) is 0. The van der Waals surface area contributed by atoms with Crippen LogP contribution in [0.4, 0.5) is 0 Å². The first-order valence-corrected chi connectivity index (χ1v) is 7.08. The minimum absolute atomic E-state index is 0.264. The van der Waals surface area contributed by atoms with E-state index in [4.69, 9.17) is 9.15 Å². The Morgan fingerprint density at radius 3 is 2.48 bits per heavy atom. The monoisotopic (exact) mass is 287 g/mol. The number of hydrogen-bond acceptors (Lipinski definition) is 4. The number of aromatic nitrogens is 1. The van der Waals surface area contributed by atoms with E-state index in [1.54, 1.807) is 19.1 Å². The van der Waals surface area contributed by atoms with Gasteiger partial charge in [0.1, 0.15) is 11.5 Å². The van der Waals surface area contributed by atoms with E-state index in [0.717, 1.165) is 11.5 Å². The number of ether oxygens (including phenoxy) is 1. The first kappa shape index (κ1) is 15.3. The van der Waals surface area contributed by atoms with Crippen molar-refractivity contribution in [3.8, 4) is 11.5 Å². The van der Waals surface area contributed by atoms with Gasteiger partial charge in [0.2, 0.25) is 0 Å². The minimum atomic E-state index is -0.336. The molecular weight excluding hydrogens is 266 g/mol. The summed E-state index contributed by atoms with van der Waals surface area (Å²) in [7, 11) is 0. The van der Waals surface area contributed by atoms with Gasteiger partial charge in [-0.3, -0.25) is 0 Å². The zero-order valence-corrected chi connectivity index (χ0v) is 13.2. The highest BCUT2D eigenvalue weighted by molar-refractivity contribution is 5.91. The number of pyridine rings is 1. The summed E-state index contributed by atoms with van der Waals surface area (Å²) >= 11 is 0. The SMILES string of the molecule is CCOC(=O)c1ccc(-c2ccc(C)o2)nc1C(C)(C)C. The van der Waals surface area contributed by atoms with E-state index in [0.29, 0.717) is 23.6 Å². The van der Waals surface area contributed by atoms with Gasteiger partial charge in [-0.15, -0.1) is 0 Å². The fourth-order valence-corrected chi connectivity index (χ4v) is 2.11. The van der Waals surface area contributed by atoms with Gasteiger partial charge in [-0.1, -0.05) is 20.8 Å². The molecule has 0 fully saturated rings. The van der Waals surface area contributed by atoms with Crippen molar-refractivity contribution in [2.75, 3.05) is 6.61 Å². The largest absolute Gasteiger partial charge is 0.462 e. The van der Waals surface area contributed by atoms with E-state index in [-0.39, 0.29) is 11.4 Å². The van der Waals surface area contributed by atoms with Crippen molar-refractivity contribution in [3.05, 3.63) is 41.3 Å². The molecular formula is C17H21NO3. The van der Waals surface area contributed by atoms with Crippen LogP contribution in [0.15, 0.2) is 28.7 Å². The van der Waals surface area contributed by atoms with E-state index >= 15 is 0 Å². The average Bonchev–Trinajstić information content (AvgIpc) is 2.84. The molecule has 112 valence electrons. The number of furan rings is 1. The molecule has 0 aliphatic carbocycles. The molecule has 2 rings (SSSR count). The van der Waals surface area contributed by atoms with Crippen LogP contribution in [-0.4, -0.2) is 17.6 Å². The lowest BCUT2D eigenvalue weighted by molar-refractivity contribution is 0.0522. The number of nitrogens with zero attached hydrogens (tertiary/aromatic N) is 1. The van der Waals surface area contributed by atoms with E-state index in [2.05, 4.69) is 4.98 Å². The predicted molar refractivity (Wildman–Crippen MR) is 81.3 cm³/mol. The molecule has 2 aromatic rings. The second kappa shape index (κ2) is 5.72. The summed E-state index contributed by atoms with van der Waals surface area (Å²) in [5.74, 6) is 1.20. The Kier molecular flexibility index (Phi) is 4.16. The van der Waals surface area contributed by atoms with Crippen LogP contribution < -0.4 is 0 Å². The fraction of sp³-hybridized carbons (Fsp3) is 0.412. The third kappa shape index (κ3) is 3.32. The molecule has 0 N–H and O–H groups in total. The van der Waals surface area contributed by atoms with Gasteiger partial charge in [-0.25, -0.2) is 9.78 Å². The van der Waals surface area contributed by atoms with Crippen LogP contribution in [0.25, 0.3) is 11.5 Å². The normalized spacial score (nSPS) is 11.5. The predicted octanol–water partition coefficient (Wildman–Crippen LogP) is 4.12. The van der Waals surface area contributed by atoms with Crippen LogP contribution in [0.1, 0.15) is 49.5 Å². The van der Waals surface area contributed by atoms with Gasteiger partial charge in [-0.05, 0) is 38.1 Å². The summed E-state index contributed by atoms with van der Waals surface area (Å²) in [6.45, 7) is 10.1. The van der Waals surface area contributed by atoms with E-state index < -0.39 is 0 Å². The van der Waals surface area contributed by atoms with Crippen LogP contribution >= 0.6 is 0 Å². The quantitative estimate of drug-likeness (QED) is 0.797. The third-order valence-corrected chi connectivity index (χ3v) is 3.09. The summed E-state index contributed by atoms with van der Waals surface area (Å²) in [4.78, 5) is 16.7. The molecule has 2 aromatic heterocycles. The Balaban J connectivity index is 2.52. The molecule has 0 saturated carbocycles. The fourth-order valence-electron chi connectivity index (χ4n) is 2.11. The second-order valence-corrected chi connectivity index (χ2v) is 5.97. The van der Waals surface area contributed by atoms with Gasteiger partial charge in [-0.2, -0.15) is 0 Å². The maximum absolute atomic E-state index is 12.1. The molecule has 0 radical (unpaired) electrons. The number of rotatable bonds is 3. The van der Waals surface area contributed by atoms with Gasteiger partial charge in [0.15, 0.2) is 5.76 Å². The molecule has 4 heteroatoms. The van der Waals surface area contributed by atoms with Crippen LogP contribution in [0.3, 0.4) is 0 Å². The van der Waals surface area contributed by atoms with Gasteiger partial charge in [0.05, 0.1) is 17.9 Å². The van der Waals surface area contributed by atoms with Crippen molar-refractivity contribution in [1.82, 2.24) is 4.98 Å². The Morgan fingerprint density at radius 2 is 1.95 bits per heavy atom. The standard InChI is InChI=1S/C17H21NO3/c1-6-20-16(19)12-8-9-13(14-10-7-11(2)21-14)18-15(12)17(3,4)5/h7-10H,6H2,1-5H3. The van der Waals surface area contributed by atoms with Crippen molar-refractivity contribution in [2.24, 2.45) is 0 Å². The molecule has 0 atom stereocenters. The number of esters is 1. The Bertz CT molecular complexity index is 650. The molecule has 0 saturated heterocycles. The first-order valence-electron chi connectivity index (χ1n) is 7.08. The lowest BCUT2D eigenvalue weighted by Crippen LogP contribution is -2.20. The first-order chi connectivity index (χ1) is 9.82. The summed E-state index contributed by atoms with van der Waals surface area (Å²) in [6, 6.07) is 7.33. The molecule has 0 unspecified atom stereocenters. The van der Waals surface area contributed by atoms with Crippen LogP contribution in [0.2, 0.25) is 0 Å². The molecule has 2 heterocycles. The maximum atomic E-state index is 12.1. The lowest BCUT2D eigenvalue weighted by atomic mass is 9.88. The summed E-state index contributed by atoms with van der Waals surface area (Å²) < 4.78 is 10.7. The molecule has 4 nitrogen and oxygen atoms in total. The zero-order chi connectivity index (χ0) is 15.6. The number of aryl methyl sites for hydroxylation is 1. The maximum Gasteiger partial charge on any atom is 0.340 e. The number of carbonyl (C=O) groups is 1. The van der Waals surface area contributed by atoms with Crippen LogP contribution in [0, 0.1) is 6.92 Å². The molecule has 0 aromatic carbocycles. The molecule has 0 spiro atoms. The number of hydrogen-bond donors (Lipinski definition) is 0. The van der Waals surface area contributed by atoms with Gasteiger partial charge >= 0.3 is 5.97 Å². The molecule has 21 heavy (non-hydrogen) atoms. The van der Waals surface area contributed by atoms with E-state index in [1.807, 2.05) is 39.8 Å². The smallest absolute Gasteiger partial charge is 0.340 e. The van der Waals surface area contributed by atoms with Crippen molar-refractivity contribution >= 4 is 5.97 Å². The van der Waals surface area contributed by atoms with Crippen molar-refractivity contribution in [1.29, 1.82) is 0 Å². The minimum Gasteiger partial charge on any atom is -0.462 e. The van der Waals surface area contributed by atoms with Crippen molar-refractivity contribution in [3.63, 3.8) is 0 Å². The van der Waals surface area contributed by atoms with Gasteiger partial charge in [0.25, 0.3) is 0 Å². The molecule has 0 aliphatic heterocycles. The highest BCUT2D eigenvalue weighted by Gasteiger charge is 2.25. The Labute approximate surface area is 125 Å². The summed E-state index contributed by atoms with van der Waals surface area (Å²) in [5.41, 5.74) is 1.68. The van der Waals surface area contributed by atoms with E-state index in [9.17, 15) is 4.79 Å². The third-order valence-electron chi connectivity index (χ3n) is 3.09. The van der Waals surface area contributed by atoms with Crippen molar-refractivity contribution < 1.29 is 13.9 Å². The Morgan fingerprint density at radius 1 is 1.24 bits per heavy atom. The molecule has 0 bridgehead atoms. The molecule has 0 amide bonds. The molecule has 0 aliphatic rings. The Hall–Kier alpha value is -2.10. The van der Waals surface area contributed by atoms with Crippen LogP contribution in [-0.2, 0) is 10.2 Å². The second-order valence-electron chi connectivity index (χ2n) is 5.97. The van der Waals surface area contributed by atoms with Crippen LogP contribution in [0.5, 0.6) is 0 Å². The van der Waals surface area contributed by atoms with E-state index in [1.165, 1.54) is 0 Å². The highest BCUT2D eigenvalue weighted by Crippen LogP contribution is 2.28. The van der Waals surface area contributed by atoms with Gasteiger partial charge < -0.3 is 9.15 Å². The average molecular weight is 287 g/mol. The number of carbonyl (C=O) groups excluding carboxylic acids is 1. The topological polar surface area (TPSA) is 52.3 Å². The zero-order valence-electron chi connectivity index (χ0n) is 13.2. The van der Waals surface area contributed by atoms with Crippen molar-refractivity contribution in [2.45, 2.75) is 40.0 Å². The lowest BCUT2D eigenvalue weighted by Gasteiger charge is -2.21. The van der Waals surface area contributed by atoms with Gasteiger partial charge in [0, 0.05) is 5.41 Å². The highest BCUT2D eigenvalue weighted by atomic mass is 16.5.